The summed E-state index contributed by atoms with van der Waals surface area (Å²) in [5.41, 5.74) is 3.51. The lowest BCUT2D eigenvalue weighted by atomic mass is 10.1. The maximum atomic E-state index is 8.69. The number of hydrogen-bond acceptors (Lipinski definition) is 2. The zero-order valence-corrected chi connectivity index (χ0v) is 9.48. The third kappa shape index (κ3) is 2.71. The molecule has 3 heteroatoms. The van der Waals surface area contributed by atoms with E-state index in [4.69, 9.17) is 5.11 Å². The molecule has 0 saturated heterocycles. The molecular weight excluding hydrogens is 230 g/mol. The van der Waals surface area contributed by atoms with Crippen LogP contribution in [0.2, 0.25) is 0 Å². The molecule has 0 saturated carbocycles. The van der Waals surface area contributed by atoms with Crippen molar-refractivity contribution in [3.63, 3.8) is 0 Å². The molecule has 0 atom stereocenters. The van der Waals surface area contributed by atoms with Gasteiger partial charge in [0, 0.05) is 16.7 Å². The van der Waals surface area contributed by atoms with Gasteiger partial charge in [0.15, 0.2) is 0 Å². The molecule has 1 aromatic rings. The lowest BCUT2D eigenvalue weighted by Gasteiger charge is -2.12. The van der Waals surface area contributed by atoms with E-state index in [0.717, 1.165) is 10.2 Å². The van der Waals surface area contributed by atoms with Crippen LogP contribution in [0.3, 0.4) is 0 Å². The minimum absolute atomic E-state index is 0.162. The Hall–Kier alpha value is -0.540. The van der Waals surface area contributed by atoms with E-state index in [-0.39, 0.29) is 6.61 Å². The molecule has 2 nitrogen and oxygen atoms in total. The SMILES string of the molecule is Cc1cc(Br)cc(C)c1NCCO. The molecule has 2 N–H and O–H groups in total. The normalized spacial score (nSPS) is 10.2. The summed E-state index contributed by atoms with van der Waals surface area (Å²) >= 11 is 3.44. The molecule has 0 spiro atoms. The molecule has 0 unspecified atom stereocenters. The Balaban J connectivity index is 2.92. The van der Waals surface area contributed by atoms with Gasteiger partial charge in [0.2, 0.25) is 0 Å². The molecule has 0 amide bonds. The first-order chi connectivity index (χ1) is 6.15. The predicted molar refractivity (Wildman–Crippen MR) is 59.2 cm³/mol. The fraction of sp³-hybridized carbons (Fsp3) is 0.400. The maximum absolute atomic E-state index is 8.69. The number of anilines is 1. The van der Waals surface area contributed by atoms with Crippen LogP contribution in [0.5, 0.6) is 0 Å². The Labute approximate surface area is 87.1 Å². The van der Waals surface area contributed by atoms with Gasteiger partial charge in [-0.25, -0.2) is 0 Å². The number of hydrogen-bond donors (Lipinski definition) is 2. The standard InChI is InChI=1S/C10H14BrNO/c1-7-5-9(11)6-8(2)10(7)12-3-4-13/h5-6,12-13H,3-4H2,1-2H3. The van der Waals surface area contributed by atoms with Gasteiger partial charge in [-0.15, -0.1) is 0 Å². The van der Waals surface area contributed by atoms with Gasteiger partial charge in [-0.1, -0.05) is 15.9 Å². The van der Waals surface area contributed by atoms with Crippen molar-refractivity contribution in [2.24, 2.45) is 0 Å². The van der Waals surface area contributed by atoms with Crippen molar-refractivity contribution in [1.82, 2.24) is 0 Å². The van der Waals surface area contributed by atoms with Crippen molar-refractivity contribution in [2.45, 2.75) is 13.8 Å². The van der Waals surface area contributed by atoms with Gasteiger partial charge in [0.05, 0.1) is 6.61 Å². The number of benzene rings is 1. The molecule has 1 rings (SSSR count). The molecule has 0 bridgehead atoms. The number of aryl methyl sites for hydroxylation is 2. The Morgan fingerprint density at radius 2 is 1.85 bits per heavy atom. The Bertz CT molecular complexity index is 276. The lowest BCUT2D eigenvalue weighted by molar-refractivity contribution is 0.311. The molecule has 0 radical (unpaired) electrons. The smallest absolute Gasteiger partial charge is 0.0604 e. The maximum Gasteiger partial charge on any atom is 0.0604 e. The van der Waals surface area contributed by atoms with Gasteiger partial charge in [-0.3, -0.25) is 0 Å². The highest BCUT2D eigenvalue weighted by Crippen LogP contribution is 2.24. The Kier molecular flexibility index (Phi) is 3.75. The van der Waals surface area contributed by atoms with Gasteiger partial charge in [0.1, 0.15) is 0 Å². The van der Waals surface area contributed by atoms with Crippen molar-refractivity contribution in [3.8, 4) is 0 Å². The molecule has 13 heavy (non-hydrogen) atoms. The largest absolute Gasteiger partial charge is 0.395 e. The van der Waals surface area contributed by atoms with Crippen LogP contribution in [0.15, 0.2) is 16.6 Å². The average Bonchev–Trinajstić information content (AvgIpc) is 2.02. The summed E-state index contributed by atoms with van der Waals surface area (Å²) in [5.74, 6) is 0. The lowest BCUT2D eigenvalue weighted by Crippen LogP contribution is -2.07. The number of aliphatic hydroxyl groups excluding tert-OH is 1. The monoisotopic (exact) mass is 243 g/mol. The van der Waals surface area contributed by atoms with Crippen LogP contribution in [0, 0.1) is 13.8 Å². The van der Waals surface area contributed by atoms with Gasteiger partial charge >= 0.3 is 0 Å². The first-order valence-corrected chi connectivity index (χ1v) is 5.06. The van der Waals surface area contributed by atoms with Crippen molar-refractivity contribution >= 4 is 21.6 Å². The van der Waals surface area contributed by atoms with Crippen LogP contribution in [0.4, 0.5) is 5.69 Å². The fourth-order valence-electron chi connectivity index (χ4n) is 1.37. The van der Waals surface area contributed by atoms with Crippen LogP contribution in [0.1, 0.15) is 11.1 Å². The summed E-state index contributed by atoms with van der Waals surface area (Å²) in [6.07, 6.45) is 0. The molecule has 1 aromatic carbocycles. The van der Waals surface area contributed by atoms with E-state index in [1.807, 2.05) is 0 Å². The van der Waals surface area contributed by atoms with Crippen molar-refractivity contribution in [3.05, 3.63) is 27.7 Å². The predicted octanol–water partition coefficient (Wildman–Crippen LogP) is 2.47. The highest BCUT2D eigenvalue weighted by molar-refractivity contribution is 9.10. The second-order valence-electron chi connectivity index (χ2n) is 3.06. The average molecular weight is 244 g/mol. The topological polar surface area (TPSA) is 32.3 Å². The number of rotatable bonds is 3. The molecule has 0 aliphatic rings. The second kappa shape index (κ2) is 4.63. The van der Waals surface area contributed by atoms with E-state index in [0.29, 0.717) is 6.54 Å². The van der Waals surface area contributed by atoms with Crippen LogP contribution < -0.4 is 5.32 Å². The van der Waals surface area contributed by atoms with Gasteiger partial charge in [-0.05, 0) is 37.1 Å². The van der Waals surface area contributed by atoms with E-state index in [1.54, 1.807) is 0 Å². The molecule has 0 heterocycles. The molecule has 0 fully saturated rings. The summed E-state index contributed by atoms with van der Waals surface area (Å²) < 4.78 is 1.09. The second-order valence-corrected chi connectivity index (χ2v) is 3.98. The van der Waals surface area contributed by atoms with Gasteiger partial charge < -0.3 is 10.4 Å². The third-order valence-corrected chi connectivity index (χ3v) is 2.37. The number of halogens is 1. The minimum atomic E-state index is 0.162. The van der Waals surface area contributed by atoms with Crippen molar-refractivity contribution in [2.75, 3.05) is 18.5 Å². The summed E-state index contributed by atoms with van der Waals surface area (Å²) in [5, 5.41) is 11.9. The van der Waals surface area contributed by atoms with E-state index >= 15 is 0 Å². The molecular formula is C10H14BrNO. The quantitative estimate of drug-likeness (QED) is 0.856. The number of aliphatic hydroxyl groups is 1. The number of nitrogens with one attached hydrogen (secondary N) is 1. The van der Waals surface area contributed by atoms with E-state index in [2.05, 4.69) is 47.2 Å². The summed E-state index contributed by atoms with van der Waals surface area (Å²) in [6.45, 7) is 4.87. The van der Waals surface area contributed by atoms with E-state index < -0.39 is 0 Å². The fourth-order valence-corrected chi connectivity index (χ4v) is 2.06. The highest BCUT2D eigenvalue weighted by Gasteiger charge is 2.02. The van der Waals surface area contributed by atoms with Crippen LogP contribution in [0.25, 0.3) is 0 Å². The minimum Gasteiger partial charge on any atom is -0.395 e. The highest BCUT2D eigenvalue weighted by atomic mass is 79.9. The first-order valence-electron chi connectivity index (χ1n) is 4.26. The molecule has 0 aliphatic heterocycles. The van der Waals surface area contributed by atoms with E-state index in [9.17, 15) is 0 Å². The summed E-state index contributed by atoms with van der Waals surface area (Å²) in [4.78, 5) is 0. The van der Waals surface area contributed by atoms with E-state index in [1.165, 1.54) is 11.1 Å². The Morgan fingerprint density at radius 1 is 1.31 bits per heavy atom. The van der Waals surface area contributed by atoms with Crippen LogP contribution >= 0.6 is 15.9 Å². The molecule has 72 valence electrons. The summed E-state index contributed by atoms with van der Waals surface area (Å²) in [7, 11) is 0. The first kappa shape index (κ1) is 10.5. The third-order valence-electron chi connectivity index (χ3n) is 1.91. The molecule has 0 aromatic heterocycles. The zero-order chi connectivity index (χ0) is 9.84. The van der Waals surface area contributed by atoms with Crippen molar-refractivity contribution < 1.29 is 5.11 Å². The van der Waals surface area contributed by atoms with Gasteiger partial charge in [0.25, 0.3) is 0 Å². The van der Waals surface area contributed by atoms with Crippen LogP contribution in [-0.2, 0) is 0 Å². The zero-order valence-electron chi connectivity index (χ0n) is 7.89. The van der Waals surface area contributed by atoms with Crippen LogP contribution in [-0.4, -0.2) is 18.3 Å². The van der Waals surface area contributed by atoms with Crippen molar-refractivity contribution in [1.29, 1.82) is 0 Å². The summed E-state index contributed by atoms with van der Waals surface area (Å²) in [6, 6.07) is 4.12. The molecule has 0 aliphatic carbocycles. The Morgan fingerprint density at radius 3 is 2.31 bits per heavy atom. The van der Waals surface area contributed by atoms with Gasteiger partial charge in [-0.2, -0.15) is 0 Å².